The van der Waals surface area contributed by atoms with Gasteiger partial charge in [0.15, 0.2) is 0 Å². The molecule has 0 heterocycles. The Kier molecular flexibility index (Phi) is 8.87. The third-order valence-corrected chi connectivity index (χ3v) is 7.00. The van der Waals surface area contributed by atoms with Crippen molar-refractivity contribution in [3.8, 4) is 16.9 Å². The lowest BCUT2D eigenvalue weighted by molar-refractivity contribution is -0.139. The van der Waals surface area contributed by atoms with E-state index in [1.165, 1.54) is 5.56 Å². The number of carboxylic acid groups (broad SMARTS) is 1. The van der Waals surface area contributed by atoms with Crippen molar-refractivity contribution < 1.29 is 19.4 Å². The molecule has 0 aliphatic rings. The maximum atomic E-state index is 13.2. The molecular weight excluding hydrogens is 554 g/mol. The summed E-state index contributed by atoms with van der Waals surface area (Å²) in [6.45, 7) is 6.76. The SMILES string of the molecule is CC(C)(C)c1ccc(COc2cc(Br)ccc2C(=O)N[C@@H](Cc2ccc(-c3ccccc3)cc2)C(=O)O)cc1. The molecule has 0 bridgehead atoms. The minimum absolute atomic E-state index is 0.0551. The van der Waals surface area contributed by atoms with Gasteiger partial charge in [0.25, 0.3) is 5.91 Å². The predicted molar refractivity (Wildman–Crippen MR) is 158 cm³/mol. The molecule has 4 aromatic carbocycles. The van der Waals surface area contributed by atoms with E-state index in [9.17, 15) is 14.7 Å². The van der Waals surface area contributed by atoms with Gasteiger partial charge in [-0.3, -0.25) is 4.79 Å². The summed E-state index contributed by atoms with van der Waals surface area (Å²) in [5, 5.41) is 12.5. The largest absolute Gasteiger partial charge is 0.488 e. The summed E-state index contributed by atoms with van der Waals surface area (Å²) in [6.07, 6.45) is 0.156. The first-order chi connectivity index (χ1) is 18.6. The van der Waals surface area contributed by atoms with E-state index in [2.05, 4.69) is 54.2 Å². The lowest BCUT2D eigenvalue weighted by Crippen LogP contribution is -2.42. The lowest BCUT2D eigenvalue weighted by atomic mass is 9.87. The van der Waals surface area contributed by atoms with Crippen molar-refractivity contribution in [2.75, 3.05) is 0 Å². The van der Waals surface area contributed by atoms with Gasteiger partial charge in [-0.2, -0.15) is 0 Å². The summed E-state index contributed by atoms with van der Waals surface area (Å²) in [7, 11) is 0. The zero-order chi connectivity index (χ0) is 28.0. The van der Waals surface area contributed by atoms with Crippen molar-refractivity contribution in [2.24, 2.45) is 0 Å². The molecule has 1 amide bonds. The van der Waals surface area contributed by atoms with Gasteiger partial charge in [0.05, 0.1) is 5.56 Å². The zero-order valence-corrected chi connectivity index (χ0v) is 23.9. The highest BCUT2D eigenvalue weighted by Gasteiger charge is 2.23. The molecule has 4 aromatic rings. The maximum Gasteiger partial charge on any atom is 0.326 e. The number of amides is 1. The molecular formula is C33H32BrNO4. The Morgan fingerprint density at radius 3 is 2.08 bits per heavy atom. The van der Waals surface area contributed by atoms with Crippen LogP contribution in [-0.2, 0) is 23.2 Å². The number of rotatable bonds is 9. The van der Waals surface area contributed by atoms with Crippen LogP contribution in [0.3, 0.4) is 0 Å². The van der Waals surface area contributed by atoms with Gasteiger partial charge in [0.2, 0.25) is 0 Å². The van der Waals surface area contributed by atoms with Crippen molar-refractivity contribution >= 4 is 27.8 Å². The number of ether oxygens (including phenoxy) is 1. The van der Waals surface area contributed by atoms with E-state index in [-0.39, 0.29) is 24.0 Å². The molecule has 0 saturated heterocycles. The molecule has 0 spiro atoms. The van der Waals surface area contributed by atoms with Gasteiger partial charge in [-0.1, -0.05) is 116 Å². The second kappa shape index (κ2) is 12.3. The van der Waals surface area contributed by atoms with Crippen molar-refractivity contribution in [3.63, 3.8) is 0 Å². The van der Waals surface area contributed by atoms with E-state index in [1.54, 1.807) is 18.2 Å². The van der Waals surface area contributed by atoms with Crippen LogP contribution in [0, 0.1) is 0 Å². The standard InChI is InChI=1S/C33H32BrNO4/c1-33(2,3)26-15-11-23(12-16-26)21-39-30-20-27(34)17-18-28(30)31(36)35-29(32(37)38)19-22-9-13-25(14-10-22)24-7-5-4-6-8-24/h4-18,20,29H,19,21H2,1-3H3,(H,35,36)(H,37,38)/t29-/m0/s1. The minimum atomic E-state index is -1.10. The summed E-state index contributed by atoms with van der Waals surface area (Å²) >= 11 is 3.44. The second-order valence-corrected chi connectivity index (χ2v) is 11.4. The second-order valence-electron chi connectivity index (χ2n) is 10.5. The van der Waals surface area contributed by atoms with Crippen LogP contribution in [0.1, 0.15) is 47.8 Å². The monoisotopic (exact) mass is 585 g/mol. The van der Waals surface area contributed by atoms with Crippen LogP contribution in [0.4, 0.5) is 0 Å². The molecule has 0 aromatic heterocycles. The third-order valence-electron chi connectivity index (χ3n) is 6.51. The Hall–Kier alpha value is -3.90. The van der Waals surface area contributed by atoms with E-state index in [4.69, 9.17) is 4.74 Å². The fraction of sp³-hybridized carbons (Fsp3) is 0.212. The number of aliphatic carboxylic acids is 1. The third kappa shape index (κ3) is 7.58. The Morgan fingerprint density at radius 2 is 1.46 bits per heavy atom. The van der Waals surface area contributed by atoms with Gasteiger partial charge in [0.1, 0.15) is 18.4 Å². The Bertz CT molecular complexity index is 1430. The number of halogens is 1. The molecule has 4 rings (SSSR count). The smallest absolute Gasteiger partial charge is 0.326 e. The highest BCUT2D eigenvalue weighted by Crippen LogP contribution is 2.27. The highest BCUT2D eigenvalue weighted by molar-refractivity contribution is 9.10. The van der Waals surface area contributed by atoms with Gasteiger partial charge in [-0.15, -0.1) is 0 Å². The number of carboxylic acids is 1. The van der Waals surface area contributed by atoms with E-state index >= 15 is 0 Å². The van der Waals surface area contributed by atoms with E-state index in [1.807, 2.05) is 66.7 Å². The summed E-state index contributed by atoms with van der Waals surface area (Å²) in [5.41, 5.74) is 5.46. The molecule has 0 radical (unpaired) electrons. The summed E-state index contributed by atoms with van der Waals surface area (Å²) < 4.78 is 6.78. The van der Waals surface area contributed by atoms with E-state index < -0.39 is 17.9 Å². The number of nitrogens with one attached hydrogen (secondary N) is 1. The molecule has 6 heteroatoms. The molecule has 39 heavy (non-hydrogen) atoms. The normalized spacial score (nSPS) is 12.0. The Labute approximate surface area is 238 Å². The van der Waals surface area contributed by atoms with Crippen molar-refractivity contribution in [3.05, 3.63) is 124 Å². The van der Waals surface area contributed by atoms with Crippen LogP contribution in [0.2, 0.25) is 0 Å². The van der Waals surface area contributed by atoms with Gasteiger partial charge in [-0.25, -0.2) is 4.79 Å². The Morgan fingerprint density at radius 1 is 0.846 bits per heavy atom. The summed E-state index contributed by atoms with van der Waals surface area (Å²) in [4.78, 5) is 25.3. The number of benzene rings is 4. The number of hydrogen-bond donors (Lipinski definition) is 2. The van der Waals surface area contributed by atoms with Gasteiger partial charge in [-0.05, 0) is 51.4 Å². The van der Waals surface area contributed by atoms with Crippen LogP contribution in [0.25, 0.3) is 11.1 Å². The van der Waals surface area contributed by atoms with Gasteiger partial charge >= 0.3 is 5.97 Å². The fourth-order valence-corrected chi connectivity index (χ4v) is 4.54. The number of carbonyl (C=O) groups excluding carboxylic acids is 1. The summed E-state index contributed by atoms with van der Waals surface area (Å²) in [6, 6.07) is 29.8. The highest BCUT2D eigenvalue weighted by atomic mass is 79.9. The predicted octanol–water partition coefficient (Wildman–Crippen LogP) is 7.42. The van der Waals surface area contributed by atoms with Crippen LogP contribution in [0.5, 0.6) is 5.75 Å². The molecule has 0 unspecified atom stereocenters. The molecule has 0 saturated carbocycles. The molecule has 0 aliphatic carbocycles. The van der Waals surface area contributed by atoms with E-state index in [0.717, 1.165) is 26.7 Å². The average molecular weight is 587 g/mol. The van der Waals surface area contributed by atoms with Crippen LogP contribution in [-0.4, -0.2) is 23.0 Å². The Balaban J connectivity index is 1.45. The van der Waals surface area contributed by atoms with Gasteiger partial charge in [0, 0.05) is 10.9 Å². The molecule has 5 nitrogen and oxygen atoms in total. The van der Waals surface area contributed by atoms with Crippen molar-refractivity contribution in [1.82, 2.24) is 5.32 Å². The minimum Gasteiger partial charge on any atom is -0.488 e. The molecule has 200 valence electrons. The first-order valence-electron chi connectivity index (χ1n) is 12.8. The zero-order valence-electron chi connectivity index (χ0n) is 22.3. The molecule has 0 fully saturated rings. The maximum absolute atomic E-state index is 13.2. The van der Waals surface area contributed by atoms with E-state index in [0.29, 0.717) is 5.75 Å². The quantitative estimate of drug-likeness (QED) is 0.214. The van der Waals surface area contributed by atoms with Crippen LogP contribution in [0.15, 0.2) is 102 Å². The fourth-order valence-electron chi connectivity index (χ4n) is 4.20. The van der Waals surface area contributed by atoms with Crippen molar-refractivity contribution in [1.29, 1.82) is 0 Å². The lowest BCUT2D eigenvalue weighted by Gasteiger charge is -2.19. The molecule has 2 N–H and O–H groups in total. The van der Waals surface area contributed by atoms with Crippen LogP contribution >= 0.6 is 15.9 Å². The van der Waals surface area contributed by atoms with Gasteiger partial charge < -0.3 is 15.2 Å². The van der Waals surface area contributed by atoms with Crippen LogP contribution < -0.4 is 10.1 Å². The first-order valence-corrected chi connectivity index (χ1v) is 13.6. The van der Waals surface area contributed by atoms with Crippen molar-refractivity contribution in [2.45, 2.75) is 45.3 Å². The molecule has 1 atom stereocenters. The topological polar surface area (TPSA) is 75.6 Å². The number of carbonyl (C=O) groups is 2. The number of hydrogen-bond acceptors (Lipinski definition) is 3. The summed E-state index contributed by atoms with van der Waals surface area (Å²) in [5.74, 6) is -1.24. The average Bonchev–Trinajstić information content (AvgIpc) is 2.92. The first kappa shape index (κ1) is 28.1. The molecule has 0 aliphatic heterocycles.